The van der Waals surface area contributed by atoms with Crippen LogP contribution in [0.4, 0.5) is 0 Å². The van der Waals surface area contributed by atoms with Crippen molar-refractivity contribution in [3.05, 3.63) is 33.4 Å². The summed E-state index contributed by atoms with van der Waals surface area (Å²) in [5.74, 6) is -0.193. The zero-order valence-corrected chi connectivity index (χ0v) is 13.9. The summed E-state index contributed by atoms with van der Waals surface area (Å²) in [5.41, 5.74) is 13.0. The van der Waals surface area contributed by atoms with Gasteiger partial charge in [-0.15, -0.1) is 0 Å². The van der Waals surface area contributed by atoms with Crippen molar-refractivity contribution < 1.29 is 4.79 Å². The Morgan fingerprint density at radius 3 is 2.35 bits per heavy atom. The molecular weight excluding hydrogens is 363 g/mol. The fraction of sp³-hybridized carbons (Fsp3) is 0.562. The summed E-state index contributed by atoms with van der Waals surface area (Å²) in [7, 11) is 0. The molecule has 1 fully saturated rings. The molecule has 4 heteroatoms. The van der Waals surface area contributed by atoms with Crippen LogP contribution in [0.25, 0.3) is 0 Å². The molecule has 20 heavy (non-hydrogen) atoms. The molecule has 0 aliphatic heterocycles. The lowest BCUT2D eigenvalue weighted by atomic mass is 9.67. The van der Waals surface area contributed by atoms with E-state index in [0.29, 0.717) is 6.42 Å². The number of benzene rings is 1. The largest absolute Gasteiger partial charge is 0.370 e. The minimum Gasteiger partial charge on any atom is -0.370 e. The highest BCUT2D eigenvalue weighted by molar-refractivity contribution is 14.1. The van der Waals surface area contributed by atoms with Gasteiger partial charge in [-0.25, -0.2) is 0 Å². The standard InChI is InChI=1S/C16H23IN2O/c17-13-6-4-12(5-7-13)14(18)10-16(11-15(19)20)8-2-1-3-9-16/h4-7,14H,1-3,8-11,18H2,(H2,19,20). The number of primary amides is 1. The zero-order valence-electron chi connectivity index (χ0n) is 11.8. The van der Waals surface area contributed by atoms with Gasteiger partial charge in [-0.1, -0.05) is 31.4 Å². The molecule has 1 aromatic rings. The van der Waals surface area contributed by atoms with Crippen LogP contribution >= 0.6 is 22.6 Å². The maximum Gasteiger partial charge on any atom is 0.217 e. The second-order valence-corrected chi connectivity index (χ2v) is 7.31. The van der Waals surface area contributed by atoms with Gasteiger partial charge in [0.2, 0.25) is 5.91 Å². The Morgan fingerprint density at radius 2 is 1.80 bits per heavy atom. The second-order valence-electron chi connectivity index (χ2n) is 6.07. The molecule has 0 aromatic heterocycles. The molecule has 1 aliphatic carbocycles. The number of rotatable bonds is 5. The van der Waals surface area contributed by atoms with Gasteiger partial charge < -0.3 is 11.5 Å². The van der Waals surface area contributed by atoms with Crippen molar-refractivity contribution >= 4 is 28.5 Å². The molecule has 0 heterocycles. The van der Waals surface area contributed by atoms with Crippen molar-refractivity contribution in [2.24, 2.45) is 16.9 Å². The van der Waals surface area contributed by atoms with Crippen LogP contribution in [0.5, 0.6) is 0 Å². The SMILES string of the molecule is NC(=O)CC1(CC(N)c2ccc(I)cc2)CCCCC1. The summed E-state index contributed by atoms with van der Waals surface area (Å²) < 4.78 is 1.21. The van der Waals surface area contributed by atoms with Crippen LogP contribution in [-0.2, 0) is 4.79 Å². The Balaban J connectivity index is 2.10. The van der Waals surface area contributed by atoms with Crippen molar-refractivity contribution in [1.82, 2.24) is 0 Å². The number of amides is 1. The van der Waals surface area contributed by atoms with E-state index in [9.17, 15) is 4.79 Å². The Hall–Kier alpha value is -0.620. The van der Waals surface area contributed by atoms with E-state index in [1.165, 1.54) is 22.8 Å². The first-order valence-corrected chi connectivity index (χ1v) is 8.38. The van der Waals surface area contributed by atoms with Crippen molar-refractivity contribution in [2.75, 3.05) is 0 Å². The Bertz CT molecular complexity index is 452. The monoisotopic (exact) mass is 386 g/mol. The van der Waals surface area contributed by atoms with E-state index in [-0.39, 0.29) is 17.4 Å². The topological polar surface area (TPSA) is 69.1 Å². The quantitative estimate of drug-likeness (QED) is 0.761. The Kier molecular flexibility index (Phi) is 5.43. The highest BCUT2D eigenvalue weighted by Crippen LogP contribution is 2.45. The van der Waals surface area contributed by atoms with Crippen molar-refractivity contribution in [1.29, 1.82) is 0 Å². The van der Waals surface area contributed by atoms with E-state index >= 15 is 0 Å². The number of carbonyl (C=O) groups excluding carboxylic acids is 1. The molecule has 1 atom stereocenters. The van der Waals surface area contributed by atoms with Crippen LogP contribution in [0.2, 0.25) is 0 Å². The molecule has 0 spiro atoms. The molecule has 4 N–H and O–H groups in total. The van der Waals surface area contributed by atoms with Crippen molar-refractivity contribution in [3.8, 4) is 0 Å². The van der Waals surface area contributed by atoms with Gasteiger partial charge in [-0.05, 0) is 65.0 Å². The zero-order chi connectivity index (χ0) is 14.6. The summed E-state index contributed by atoms with van der Waals surface area (Å²) in [6.45, 7) is 0. The smallest absolute Gasteiger partial charge is 0.217 e. The third kappa shape index (κ3) is 4.19. The van der Waals surface area contributed by atoms with Crippen LogP contribution in [0.15, 0.2) is 24.3 Å². The highest BCUT2D eigenvalue weighted by atomic mass is 127. The third-order valence-corrected chi connectivity index (χ3v) is 5.13. The van der Waals surface area contributed by atoms with E-state index in [4.69, 9.17) is 11.5 Å². The molecule has 3 nitrogen and oxygen atoms in total. The minimum absolute atomic E-state index is 0.00977. The summed E-state index contributed by atoms with van der Waals surface area (Å²) in [5, 5.41) is 0. The van der Waals surface area contributed by atoms with Gasteiger partial charge in [-0.2, -0.15) is 0 Å². The normalized spacial score (nSPS) is 19.5. The summed E-state index contributed by atoms with van der Waals surface area (Å²) >= 11 is 2.29. The Morgan fingerprint density at radius 1 is 1.20 bits per heavy atom. The molecule has 110 valence electrons. The maximum absolute atomic E-state index is 11.4. The minimum atomic E-state index is -0.193. The van der Waals surface area contributed by atoms with Gasteiger partial charge in [0.25, 0.3) is 0 Å². The predicted molar refractivity (Wildman–Crippen MR) is 90.0 cm³/mol. The molecular formula is C16H23IN2O. The Labute approximate surface area is 134 Å². The van der Waals surface area contributed by atoms with E-state index in [1.54, 1.807) is 0 Å². The van der Waals surface area contributed by atoms with E-state index in [1.807, 2.05) is 0 Å². The van der Waals surface area contributed by atoms with Gasteiger partial charge in [0.15, 0.2) is 0 Å². The number of halogens is 1. The third-order valence-electron chi connectivity index (χ3n) is 4.41. The second kappa shape index (κ2) is 6.89. The average molecular weight is 386 g/mol. The molecule has 1 amide bonds. The van der Waals surface area contributed by atoms with E-state index in [2.05, 4.69) is 46.9 Å². The number of carbonyl (C=O) groups is 1. The molecule has 2 rings (SSSR count). The lowest BCUT2D eigenvalue weighted by molar-refractivity contribution is -0.121. The molecule has 1 saturated carbocycles. The van der Waals surface area contributed by atoms with Crippen LogP contribution in [-0.4, -0.2) is 5.91 Å². The van der Waals surface area contributed by atoms with Crippen LogP contribution in [0.3, 0.4) is 0 Å². The molecule has 1 aromatic carbocycles. The van der Waals surface area contributed by atoms with Crippen LogP contribution in [0, 0.1) is 8.99 Å². The van der Waals surface area contributed by atoms with E-state index in [0.717, 1.165) is 24.8 Å². The van der Waals surface area contributed by atoms with Crippen molar-refractivity contribution in [3.63, 3.8) is 0 Å². The predicted octanol–water partition coefficient (Wildman–Crippen LogP) is 3.51. The lowest BCUT2D eigenvalue weighted by Crippen LogP contribution is -2.33. The van der Waals surface area contributed by atoms with Gasteiger partial charge in [0.05, 0.1) is 0 Å². The number of hydrogen-bond acceptors (Lipinski definition) is 2. The summed E-state index contributed by atoms with van der Waals surface area (Å²) in [6, 6.07) is 8.33. The molecule has 1 aliphatic rings. The van der Waals surface area contributed by atoms with Gasteiger partial charge in [0.1, 0.15) is 0 Å². The fourth-order valence-corrected chi connectivity index (χ4v) is 3.78. The first-order valence-electron chi connectivity index (χ1n) is 7.30. The lowest BCUT2D eigenvalue weighted by Gasteiger charge is -2.38. The van der Waals surface area contributed by atoms with Crippen LogP contribution in [0.1, 0.15) is 56.6 Å². The maximum atomic E-state index is 11.4. The summed E-state index contributed by atoms with van der Waals surface area (Å²) in [4.78, 5) is 11.4. The number of nitrogens with two attached hydrogens (primary N) is 2. The van der Waals surface area contributed by atoms with Gasteiger partial charge in [0, 0.05) is 16.0 Å². The number of hydrogen-bond donors (Lipinski definition) is 2. The average Bonchev–Trinajstić information content (AvgIpc) is 2.39. The fourth-order valence-electron chi connectivity index (χ4n) is 3.42. The molecule has 0 saturated heterocycles. The van der Waals surface area contributed by atoms with Crippen LogP contribution < -0.4 is 11.5 Å². The molecule has 0 radical (unpaired) electrons. The highest BCUT2D eigenvalue weighted by Gasteiger charge is 2.35. The van der Waals surface area contributed by atoms with Gasteiger partial charge in [-0.3, -0.25) is 4.79 Å². The molecule has 0 bridgehead atoms. The first-order chi connectivity index (χ1) is 9.51. The molecule has 1 unspecified atom stereocenters. The van der Waals surface area contributed by atoms with Crippen molar-refractivity contribution in [2.45, 2.75) is 51.0 Å². The summed E-state index contributed by atoms with van der Waals surface area (Å²) in [6.07, 6.45) is 7.13. The first kappa shape index (κ1) is 15.8. The van der Waals surface area contributed by atoms with E-state index < -0.39 is 0 Å². The van der Waals surface area contributed by atoms with Gasteiger partial charge >= 0.3 is 0 Å².